The normalized spacial score (nSPS) is 10.9. The fraction of sp³-hybridized carbons (Fsp3) is 0.308. The molecule has 5 heteroatoms. The molecule has 0 atom stereocenters. The Balaban J connectivity index is 2.11. The largest absolute Gasteiger partial charge is 0.377 e. The summed E-state index contributed by atoms with van der Waals surface area (Å²) in [5.74, 6) is -0.310. The Morgan fingerprint density at radius 1 is 1.44 bits per heavy atom. The lowest BCUT2D eigenvalue weighted by Crippen LogP contribution is -2.09. The van der Waals surface area contributed by atoms with Gasteiger partial charge in [0.15, 0.2) is 0 Å². The minimum absolute atomic E-state index is 0.310. The van der Waals surface area contributed by atoms with E-state index in [4.69, 9.17) is 11.6 Å². The maximum Gasteiger partial charge on any atom is 0.146 e. The van der Waals surface area contributed by atoms with Crippen molar-refractivity contribution < 1.29 is 4.39 Å². The van der Waals surface area contributed by atoms with Gasteiger partial charge >= 0.3 is 0 Å². The predicted molar refractivity (Wildman–Crippen MR) is 71.3 cm³/mol. The number of nitrogens with zero attached hydrogens (tertiary/aromatic N) is 2. The molecule has 1 aromatic heterocycles. The van der Waals surface area contributed by atoms with Crippen LogP contribution in [0.4, 0.5) is 10.1 Å². The molecule has 0 amide bonds. The van der Waals surface area contributed by atoms with Gasteiger partial charge in [-0.15, -0.1) is 0 Å². The lowest BCUT2D eigenvalue weighted by molar-refractivity contribution is 0.576. The molecule has 0 fully saturated rings. The molecule has 0 unspecified atom stereocenters. The summed E-state index contributed by atoms with van der Waals surface area (Å²) in [6.45, 7) is 4.66. The third-order valence-electron chi connectivity index (χ3n) is 2.69. The molecule has 0 aliphatic rings. The quantitative estimate of drug-likeness (QED) is 0.911. The average molecular weight is 268 g/mol. The van der Waals surface area contributed by atoms with Crippen LogP contribution in [0.25, 0.3) is 0 Å². The fourth-order valence-electron chi connectivity index (χ4n) is 1.75. The Labute approximate surface area is 111 Å². The number of hydrogen-bond donors (Lipinski definition) is 1. The molecule has 0 saturated carbocycles. The monoisotopic (exact) mass is 267 g/mol. The van der Waals surface area contributed by atoms with Crippen LogP contribution in [-0.4, -0.2) is 9.55 Å². The molecule has 1 heterocycles. The third kappa shape index (κ3) is 2.82. The summed E-state index contributed by atoms with van der Waals surface area (Å²) in [7, 11) is 0. The fourth-order valence-corrected chi connectivity index (χ4v) is 1.92. The number of nitrogens with one attached hydrogen (secondary N) is 1. The highest BCUT2D eigenvalue weighted by Gasteiger charge is 2.07. The molecule has 2 aromatic rings. The van der Waals surface area contributed by atoms with Gasteiger partial charge in [-0.25, -0.2) is 9.37 Å². The molecule has 18 heavy (non-hydrogen) atoms. The van der Waals surface area contributed by atoms with Gasteiger partial charge < -0.3 is 9.88 Å². The maximum absolute atomic E-state index is 13.5. The van der Waals surface area contributed by atoms with Crippen LogP contribution in [0.2, 0.25) is 5.02 Å². The highest BCUT2D eigenvalue weighted by molar-refractivity contribution is 6.30. The van der Waals surface area contributed by atoms with Crippen molar-refractivity contribution in [1.29, 1.82) is 0 Å². The van der Waals surface area contributed by atoms with Crippen molar-refractivity contribution >= 4 is 17.3 Å². The number of rotatable bonds is 4. The van der Waals surface area contributed by atoms with Crippen LogP contribution in [0.5, 0.6) is 0 Å². The Bertz CT molecular complexity index is 537. The van der Waals surface area contributed by atoms with Crippen molar-refractivity contribution in [2.24, 2.45) is 0 Å². The van der Waals surface area contributed by atoms with E-state index in [9.17, 15) is 4.39 Å². The summed E-state index contributed by atoms with van der Waals surface area (Å²) < 4.78 is 15.6. The molecular weight excluding hydrogens is 253 g/mol. The summed E-state index contributed by atoms with van der Waals surface area (Å²) in [5, 5.41) is 3.54. The number of aromatic nitrogens is 2. The van der Waals surface area contributed by atoms with Crippen molar-refractivity contribution in [3.05, 3.63) is 47.3 Å². The van der Waals surface area contributed by atoms with Crippen molar-refractivity contribution in [3.63, 3.8) is 0 Å². The Morgan fingerprint density at radius 2 is 2.22 bits per heavy atom. The first-order chi connectivity index (χ1) is 8.58. The van der Waals surface area contributed by atoms with E-state index in [0.29, 0.717) is 23.3 Å². The van der Waals surface area contributed by atoms with E-state index in [-0.39, 0.29) is 5.82 Å². The molecule has 0 aliphatic heterocycles. The lowest BCUT2D eigenvalue weighted by Gasteiger charge is -2.13. The van der Waals surface area contributed by atoms with Crippen LogP contribution >= 0.6 is 11.6 Å². The number of hydrogen-bond acceptors (Lipinski definition) is 2. The standard InChI is InChI=1S/C13H15ClFN3/c1-9(2)18-8-16-6-11(18)7-17-13-5-10(14)3-4-12(13)15/h3-6,8-9,17H,7H2,1-2H3. The van der Waals surface area contributed by atoms with Gasteiger partial charge in [-0.2, -0.15) is 0 Å². The molecule has 2 rings (SSSR count). The van der Waals surface area contributed by atoms with Gasteiger partial charge in [-0.3, -0.25) is 0 Å². The van der Waals surface area contributed by atoms with Gasteiger partial charge in [0.1, 0.15) is 5.82 Å². The van der Waals surface area contributed by atoms with Gasteiger partial charge in [0.2, 0.25) is 0 Å². The molecule has 0 radical (unpaired) electrons. The smallest absolute Gasteiger partial charge is 0.146 e. The van der Waals surface area contributed by atoms with Crippen LogP contribution in [0.15, 0.2) is 30.7 Å². The molecule has 0 spiro atoms. The predicted octanol–water partition coefficient (Wildman–Crippen LogP) is 3.87. The molecule has 1 aromatic carbocycles. The van der Waals surface area contributed by atoms with Gasteiger partial charge in [0, 0.05) is 17.3 Å². The summed E-state index contributed by atoms with van der Waals surface area (Å²) >= 11 is 5.83. The molecule has 1 N–H and O–H groups in total. The summed E-state index contributed by atoms with van der Waals surface area (Å²) in [6, 6.07) is 4.78. The molecule has 0 saturated heterocycles. The first kappa shape index (κ1) is 12.9. The first-order valence-electron chi connectivity index (χ1n) is 5.77. The van der Waals surface area contributed by atoms with Crippen LogP contribution in [0.1, 0.15) is 25.6 Å². The summed E-state index contributed by atoms with van der Waals surface area (Å²) in [6.07, 6.45) is 3.55. The Kier molecular flexibility index (Phi) is 3.87. The third-order valence-corrected chi connectivity index (χ3v) is 2.93. The Morgan fingerprint density at radius 3 is 2.94 bits per heavy atom. The van der Waals surface area contributed by atoms with E-state index in [1.54, 1.807) is 18.6 Å². The topological polar surface area (TPSA) is 29.9 Å². The number of halogens is 2. The average Bonchev–Trinajstić information content (AvgIpc) is 2.79. The minimum Gasteiger partial charge on any atom is -0.377 e. The minimum atomic E-state index is -0.310. The second-order valence-electron chi connectivity index (χ2n) is 4.36. The second-order valence-corrected chi connectivity index (χ2v) is 4.80. The van der Waals surface area contributed by atoms with E-state index in [1.807, 2.05) is 4.57 Å². The number of anilines is 1. The van der Waals surface area contributed by atoms with Crippen LogP contribution in [-0.2, 0) is 6.54 Å². The zero-order chi connectivity index (χ0) is 13.1. The zero-order valence-electron chi connectivity index (χ0n) is 10.3. The Hall–Kier alpha value is -1.55. The molecule has 0 bridgehead atoms. The van der Waals surface area contributed by atoms with Crippen molar-refractivity contribution in [2.75, 3.05) is 5.32 Å². The van der Waals surface area contributed by atoms with Crippen molar-refractivity contribution in [2.45, 2.75) is 26.4 Å². The van der Waals surface area contributed by atoms with E-state index in [2.05, 4.69) is 24.1 Å². The van der Waals surface area contributed by atoms with E-state index in [0.717, 1.165) is 5.69 Å². The van der Waals surface area contributed by atoms with Gasteiger partial charge in [-0.1, -0.05) is 11.6 Å². The molecule has 3 nitrogen and oxygen atoms in total. The molecule has 96 valence electrons. The van der Waals surface area contributed by atoms with Gasteiger partial charge in [-0.05, 0) is 32.0 Å². The lowest BCUT2D eigenvalue weighted by atomic mass is 10.3. The number of benzene rings is 1. The van der Waals surface area contributed by atoms with Crippen LogP contribution in [0, 0.1) is 5.82 Å². The summed E-state index contributed by atoms with van der Waals surface area (Å²) in [4.78, 5) is 4.10. The number of imidazole rings is 1. The highest BCUT2D eigenvalue weighted by atomic mass is 35.5. The zero-order valence-corrected chi connectivity index (χ0v) is 11.1. The van der Waals surface area contributed by atoms with E-state index in [1.165, 1.54) is 12.1 Å². The SMILES string of the molecule is CC(C)n1cncc1CNc1cc(Cl)ccc1F. The summed E-state index contributed by atoms with van der Waals surface area (Å²) in [5.41, 5.74) is 1.41. The van der Waals surface area contributed by atoms with Crippen molar-refractivity contribution in [1.82, 2.24) is 9.55 Å². The van der Waals surface area contributed by atoms with E-state index < -0.39 is 0 Å². The van der Waals surface area contributed by atoms with Gasteiger partial charge in [0.05, 0.1) is 24.3 Å². The maximum atomic E-state index is 13.5. The van der Waals surface area contributed by atoms with E-state index >= 15 is 0 Å². The van der Waals surface area contributed by atoms with Gasteiger partial charge in [0.25, 0.3) is 0 Å². The molecule has 0 aliphatic carbocycles. The first-order valence-corrected chi connectivity index (χ1v) is 6.15. The van der Waals surface area contributed by atoms with Crippen molar-refractivity contribution in [3.8, 4) is 0 Å². The highest BCUT2D eigenvalue weighted by Crippen LogP contribution is 2.20. The second kappa shape index (κ2) is 5.40. The van der Waals surface area contributed by atoms with Crippen LogP contribution in [0.3, 0.4) is 0 Å². The van der Waals surface area contributed by atoms with Crippen LogP contribution < -0.4 is 5.32 Å². The molecular formula is C13H15ClFN3.